The van der Waals surface area contributed by atoms with Crippen LogP contribution in [0.15, 0.2) is 42.6 Å². The highest BCUT2D eigenvalue weighted by atomic mass is 35.5. The molecule has 31 heavy (non-hydrogen) atoms. The van der Waals surface area contributed by atoms with Crippen molar-refractivity contribution < 1.29 is 19.1 Å². The van der Waals surface area contributed by atoms with E-state index in [0.29, 0.717) is 0 Å². The highest BCUT2D eigenvalue weighted by molar-refractivity contribution is 6.30. The van der Waals surface area contributed by atoms with Gasteiger partial charge in [-0.2, -0.15) is 5.10 Å². The molecule has 0 unspecified atom stereocenters. The van der Waals surface area contributed by atoms with Gasteiger partial charge in [-0.1, -0.05) is 35.9 Å². The normalized spacial score (nSPS) is 13.4. The zero-order chi connectivity index (χ0) is 22.0. The van der Waals surface area contributed by atoms with Crippen molar-refractivity contribution in [2.75, 3.05) is 6.54 Å². The maximum Gasteiger partial charge on any atom is 0.245 e. The number of nitrogens with one attached hydrogen (secondary N) is 1. The minimum atomic E-state index is -0.563. The first-order chi connectivity index (χ1) is 15.0. The molecular weight excluding hydrogens is 423 g/mol. The Morgan fingerprint density at radius 3 is 2.84 bits per heavy atom. The topological polar surface area (TPSA) is 87.5 Å². The summed E-state index contributed by atoms with van der Waals surface area (Å²) in [5, 5.41) is 17.2. The molecule has 1 aliphatic carbocycles. The minimum absolute atomic E-state index is 0.00246. The molecule has 3 aromatic rings. The molecule has 162 valence electrons. The summed E-state index contributed by atoms with van der Waals surface area (Å²) in [4.78, 5) is 27.0. The van der Waals surface area contributed by atoms with Gasteiger partial charge in [0, 0.05) is 23.5 Å². The van der Waals surface area contributed by atoms with E-state index in [0.717, 1.165) is 29.3 Å². The van der Waals surface area contributed by atoms with E-state index in [4.69, 9.17) is 11.6 Å². The van der Waals surface area contributed by atoms with Crippen molar-refractivity contribution >= 4 is 34.3 Å². The minimum Gasteiger partial charge on any atom is -0.392 e. The molecule has 1 heterocycles. The van der Waals surface area contributed by atoms with Crippen LogP contribution in [0.5, 0.6) is 0 Å². The molecule has 0 atom stereocenters. The second-order valence-electron chi connectivity index (χ2n) is 7.60. The van der Waals surface area contributed by atoms with Crippen molar-refractivity contribution in [1.29, 1.82) is 0 Å². The number of amides is 2. The molecule has 7 nitrogen and oxygen atoms in total. The maximum absolute atomic E-state index is 14.0. The third kappa shape index (κ3) is 4.86. The number of fused-ring (bicyclic) bond motifs is 1. The van der Waals surface area contributed by atoms with Gasteiger partial charge in [-0.05, 0) is 30.5 Å². The number of nitrogens with zero attached hydrogens (tertiary/aromatic N) is 3. The van der Waals surface area contributed by atoms with Crippen LogP contribution >= 0.6 is 11.6 Å². The summed E-state index contributed by atoms with van der Waals surface area (Å²) in [5.41, 5.74) is 1.76. The van der Waals surface area contributed by atoms with Gasteiger partial charge in [0.05, 0.1) is 29.9 Å². The van der Waals surface area contributed by atoms with Crippen LogP contribution in [-0.4, -0.2) is 44.2 Å². The fourth-order valence-electron chi connectivity index (χ4n) is 3.46. The van der Waals surface area contributed by atoms with Gasteiger partial charge in [0.1, 0.15) is 12.4 Å². The molecule has 0 radical (unpaired) electrons. The molecule has 1 aromatic heterocycles. The first-order valence-electron chi connectivity index (χ1n) is 10.0. The van der Waals surface area contributed by atoms with Crippen LogP contribution in [-0.2, 0) is 29.3 Å². The van der Waals surface area contributed by atoms with Gasteiger partial charge in [0.15, 0.2) is 0 Å². The molecule has 0 aliphatic heterocycles. The summed E-state index contributed by atoms with van der Waals surface area (Å²) in [6.45, 7) is -0.222. The monoisotopic (exact) mass is 444 g/mol. The number of halogens is 2. The smallest absolute Gasteiger partial charge is 0.245 e. The lowest BCUT2D eigenvalue weighted by Crippen LogP contribution is -2.43. The first kappa shape index (κ1) is 21.3. The second-order valence-corrected chi connectivity index (χ2v) is 8.00. The van der Waals surface area contributed by atoms with E-state index in [1.54, 1.807) is 40.0 Å². The fourth-order valence-corrected chi connectivity index (χ4v) is 3.65. The highest BCUT2D eigenvalue weighted by Gasteiger charge is 2.34. The Kier molecular flexibility index (Phi) is 6.20. The average Bonchev–Trinajstić information content (AvgIpc) is 3.54. The predicted molar refractivity (Wildman–Crippen MR) is 114 cm³/mol. The number of hydrogen-bond donors (Lipinski definition) is 2. The lowest BCUT2D eigenvalue weighted by atomic mass is 10.2. The van der Waals surface area contributed by atoms with Crippen molar-refractivity contribution in [1.82, 2.24) is 20.0 Å². The van der Waals surface area contributed by atoms with Crippen LogP contribution in [0.1, 0.15) is 24.0 Å². The lowest BCUT2D eigenvalue weighted by molar-refractivity contribution is -0.137. The van der Waals surface area contributed by atoms with Gasteiger partial charge < -0.3 is 15.3 Å². The Labute approximate surface area is 183 Å². The SMILES string of the molecule is O=C(CN(C(=O)Cn1ncc2ccc(CO)cc21)C1CC1)NCc1cccc(Cl)c1F. The van der Waals surface area contributed by atoms with E-state index in [-0.39, 0.29) is 54.7 Å². The largest absolute Gasteiger partial charge is 0.392 e. The number of carbonyl (C=O) groups excluding carboxylic acids is 2. The van der Waals surface area contributed by atoms with Crippen molar-refractivity contribution in [3.63, 3.8) is 0 Å². The van der Waals surface area contributed by atoms with E-state index in [1.807, 2.05) is 6.07 Å². The third-order valence-corrected chi connectivity index (χ3v) is 5.60. The molecule has 1 fully saturated rings. The van der Waals surface area contributed by atoms with Gasteiger partial charge in [-0.25, -0.2) is 4.39 Å². The first-order valence-corrected chi connectivity index (χ1v) is 10.4. The maximum atomic E-state index is 14.0. The van der Waals surface area contributed by atoms with Crippen LogP contribution in [0.3, 0.4) is 0 Å². The second kappa shape index (κ2) is 9.03. The van der Waals surface area contributed by atoms with Crippen LogP contribution in [0.2, 0.25) is 5.02 Å². The van der Waals surface area contributed by atoms with Gasteiger partial charge in [0.2, 0.25) is 11.8 Å². The van der Waals surface area contributed by atoms with Crippen molar-refractivity contribution in [3.05, 3.63) is 64.6 Å². The molecule has 1 saturated carbocycles. The average molecular weight is 445 g/mol. The summed E-state index contributed by atoms with van der Waals surface area (Å²) in [7, 11) is 0. The number of benzene rings is 2. The van der Waals surface area contributed by atoms with Gasteiger partial charge in [-0.15, -0.1) is 0 Å². The standard InChI is InChI=1S/C22H22ClFN4O3/c23-18-3-1-2-16(22(18)24)9-25-20(30)11-27(17-6-7-17)21(31)12-28-19-8-14(13-29)4-5-15(19)10-26-28/h1-5,8,10,17,29H,6-7,9,11-13H2,(H,25,30). The number of carbonyl (C=O) groups is 2. The van der Waals surface area contributed by atoms with E-state index in [9.17, 15) is 19.1 Å². The molecule has 4 rings (SSSR count). The van der Waals surface area contributed by atoms with E-state index in [2.05, 4.69) is 10.4 Å². The molecule has 1 aliphatic rings. The van der Waals surface area contributed by atoms with Gasteiger partial charge in [-0.3, -0.25) is 14.3 Å². The summed E-state index contributed by atoms with van der Waals surface area (Å²) in [6.07, 6.45) is 3.35. The third-order valence-electron chi connectivity index (χ3n) is 5.31. The van der Waals surface area contributed by atoms with Crippen LogP contribution in [0.25, 0.3) is 10.9 Å². The summed E-state index contributed by atoms with van der Waals surface area (Å²) in [5.74, 6) is -1.15. The Morgan fingerprint density at radius 2 is 2.10 bits per heavy atom. The van der Waals surface area contributed by atoms with Crippen molar-refractivity contribution in [3.8, 4) is 0 Å². The molecule has 0 bridgehead atoms. The van der Waals surface area contributed by atoms with E-state index >= 15 is 0 Å². The number of hydrogen-bond acceptors (Lipinski definition) is 4. The lowest BCUT2D eigenvalue weighted by Gasteiger charge is -2.22. The number of aliphatic hydroxyl groups is 1. The number of aliphatic hydroxyl groups excluding tert-OH is 1. The molecule has 0 spiro atoms. The van der Waals surface area contributed by atoms with Gasteiger partial charge >= 0.3 is 0 Å². The zero-order valence-corrected chi connectivity index (χ0v) is 17.5. The highest BCUT2D eigenvalue weighted by Crippen LogP contribution is 2.27. The molecule has 0 saturated heterocycles. The molecule has 2 aromatic carbocycles. The Morgan fingerprint density at radius 1 is 1.29 bits per heavy atom. The quantitative estimate of drug-likeness (QED) is 0.559. The Hall–Kier alpha value is -2.97. The van der Waals surface area contributed by atoms with Crippen molar-refractivity contribution in [2.45, 2.75) is 38.6 Å². The molecular formula is C22H22ClFN4O3. The summed E-state index contributed by atoms with van der Waals surface area (Å²) >= 11 is 5.77. The van der Waals surface area contributed by atoms with Gasteiger partial charge in [0.25, 0.3) is 0 Å². The van der Waals surface area contributed by atoms with Crippen LogP contribution in [0.4, 0.5) is 4.39 Å². The predicted octanol–water partition coefficient (Wildman–Crippen LogP) is 2.63. The van der Waals surface area contributed by atoms with E-state index in [1.165, 1.54) is 6.07 Å². The number of rotatable bonds is 8. The van der Waals surface area contributed by atoms with Crippen molar-refractivity contribution in [2.24, 2.45) is 0 Å². The van der Waals surface area contributed by atoms with Crippen LogP contribution < -0.4 is 5.32 Å². The molecule has 2 amide bonds. The fraction of sp³-hybridized carbons (Fsp3) is 0.318. The van der Waals surface area contributed by atoms with E-state index < -0.39 is 5.82 Å². The van der Waals surface area contributed by atoms with Crippen LogP contribution in [0, 0.1) is 5.82 Å². The summed E-state index contributed by atoms with van der Waals surface area (Å²) < 4.78 is 15.6. The Bertz CT molecular complexity index is 1130. The molecule has 2 N–H and O–H groups in total. The Balaban J connectivity index is 1.41. The number of aromatic nitrogens is 2. The zero-order valence-electron chi connectivity index (χ0n) is 16.7. The molecule has 9 heteroatoms. The summed E-state index contributed by atoms with van der Waals surface area (Å²) in [6, 6.07) is 10.1.